The third-order valence-electron chi connectivity index (χ3n) is 3.20. The molecule has 5 heteroatoms. The van der Waals surface area contributed by atoms with E-state index in [9.17, 15) is 14.7 Å². The van der Waals surface area contributed by atoms with Gasteiger partial charge in [-0.1, -0.05) is 30.3 Å². The zero-order chi connectivity index (χ0) is 14.7. The maximum atomic E-state index is 12.1. The fourth-order valence-electron chi connectivity index (χ4n) is 1.49. The summed E-state index contributed by atoms with van der Waals surface area (Å²) in [5, 5.41) is 12.0. The molecular formula is C14H19NO4. The van der Waals surface area contributed by atoms with Crippen LogP contribution in [0.2, 0.25) is 0 Å². The number of hydrogen-bond acceptors (Lipinski definition) is 3. The van der Waals surface area contributed by atoms with Crippen molar-refractivity contribution in [2.75, 3.05) is 7.11 Å². The molecular weight excluding hydrogens is 246 g/mol. The Balaban J connectivity index is 3.10. The van der Waals surface area contributed by atoms with E-state index in [4.69, 9.17) is 4.74 Å². The molecule has 2 N–H and O–H groups in total. The lowest BCUT2D eigenvalue weighted by molar-refractivity contribution is -0.152. The molecule has 0 aliphatic heterocycles. The number of nitrogens with one attached hydrogen (secondary N) is 1. The summed E-state index contributed by atoms with van der Waals surface area (Å²) in [5.74, 6) is -1.61. The third-order valence-corrected chi connectivity index (χ3v) is 3.20. The van der Waals surface area contributed by atoms with Gasteiger partial charge < -0.3 is 15.2 Å². The van der Waals surface area contributed by atoms with Crippen molar-refractivity contribution in [3.8, 4) is 0 Å². The van der Waals surface area contributed by atoms with Crippen molar-refractivity contribution >= 4 is 11.9 Å². The molecule has 1 unspecified atom stereocenters. The van der Waals surface area contributed by atoms with Gasteiger partial charge in [-0.25, -0.2) is 4.79 Å². The highest BCUT2D eigenvalue weighted by molar-refractivity contribution is 5.91. The summed E-state index contributed by atoms with van der Waals surface area (Å²) >= 11 is 0. The molecule has 0 heterocycles. The van der Waals surface area contributed by atoms with E-state index in [1.807, 2.05) is 0 Å². The molecule has 0 aliphatic carbocycles. The van der Waals surface area contributed by atoms with Crippen LogP contribution in [0.15, 0.2) is 30.3 Å². The summed E-state index contributed by atoms with van der Waals surface area (Å²) in [6, 6.07) is 8.56. The van der Waals surface area contributed by atoms with E-state index in [0.717, 1.165) is 0 Å². The Morgan fingerprint density at radius 3 is 2.11 bits per heavy atom. The van der Waals surface area contributed by atoms with Crippen molar-refractivity contribution in [1.29, 1.82) is 0 Å². The second-order valence-electron chi connectivity index (χ2n) is 4.96. The molecule has 0 aliphatic rings. The van der Waals surface area contributed by atoms with Crippen LogP contribution in [0.1, 0.15) is 26.3 Å². The molecule has 0 saturated heterocycles. The molecule has 1 atom stereocenters. The average Bonchev–Trinajstić information content (AvgIpc) is 2.39. The number of carbonyl (C=O) groups excluding carboxylic acids is 1. The predicted octanol–water partition coefficient (Wildman–Crippen LogP) is 1.53. The smallest absolute Gasteiger partial charge is 0.333 e. The molecule has 0 bridgehead atoms. The average molecular weight is 265 g/mol. The Morgan fingerprint density at radius 1 is 1.16 bits per heavy atom. The third kappa shape index (κ3) is 3.12. The van der Waals surface area contributed by atoms with Gasteiger partial charge in [-0.3, -0.25) is 4.79 Å². The van der Waals surface area contributed by atoms with E-state index >= 15 is 0 Å². The maximum Gasteiger partial charge on any atom is 0.333 e. The number of aliphatic carboxylic acids is 1. The topological polar surface area (TPSA) is 75.6 Å². The van der Waals surface area contributed by atoms with Crippen molar-refractivity contribution in [1.82, 2.24) is 5.32 Å². The van der Waals surface area contributed by atoms with Gasteiger partial charge in [0.05, 0.1) is 0 Å². The van der Waals surface area contributed by atoms with Gasteiger partial charge in [0.2, 0.25) is 0 Å². The lowest BCUT2D eigenvalue weighted by atomic mass is 9.91. The minimum Gasteiger partial charge on any atom is -0.479 e. The molecule has 0 spiro atoms. The molecule has 104 valence electrons. The highest BCUT2D eigenvalue weighted by atomic mass is 16.5. The van der Waals surface area contributed by atoms with E-state index in [1.165, 1.54) is 14.0 Å². The van der Waals surface area contributed by atoms with Crippen LogP contribution < -0.4 is 5.32 Å². The number of carbonyl (C=O) groups is 2. The van der Waals surface area contributed by atoms with Crippen LogP contribution in [-0.4, -0.2) is 29.7 Å². The lowest BCUT2D eigenvalue weighted by Crippen LogP contribution is -2.55. The number of benzene rings is 1. The Bertz CT molecular complexity index is 470. The largest absolute Gasteiger partial charge is 0.479 e. The van der Waals surface area contributed by atoms with Gasteiger partial charge in [-0.15, -0.1) is 0 Å². The highest BCUT2D eigenvalue weighted by Gasteiger charge is 2.40. The quantitative estimate of drug-likeness (QED) is 0.846. The number of carboxylic acids is 1. The molecule has 19 heavy (non-hydrogen) atoms. The van der Waals surface area contributed by atoms with Gasteiger partial charge in [0.1, 0.15) is 5.60 Å². The van der Waals surface area contributed by atoms with E-state index < -0.39 is 23.0 Å². The molecule has 5 nitrogen and oxygen atoms in total. The predicted molar refractivity (Wildman–Crippen MR) is 70.7 cm³/mol. The summed E-state index contributed by atoms with van der Waals surface area (Å²) in [5.41, 5.74) is -2.08. The van der Waals surface area contributed by atoms with Gasteiger partial charge in [0.25, 0.3) is 5.91 Å². The maximum absolute atomic E-state index is 12.1. The highest BCUT2D eigenvalue weighted by Crippen LogP contribution is 2.22. The number of ether oxygens (including phenoxy) is 1. The van der Waals surface area contributed by atoms with Crippen LogP contribution in [0, 0.1) is 0 Å². The standard InChI is InChI=1S/C14H19NO4/c1-13(2,19-4)11(16)15-14(3,12(17)18)10-8-6-5-7-9-10/h5-9H,1-4H3,(H,15,16)(H,17,18). The number of carboxylic acid groups (broad SMARTS) is 1. The summed E-state index contributed by atoms with van der Waals surface area (Å²) in [6.07, 6.45) is 0. The summed E-state index contributed by atoms with van der Waals surface area (Å²) in [6.45, 7) is 4.61. The summed E-state index contributed by atoms with van der Waals surface area (Å²) < 4.78 is 5.06. The van der Waals surface area contributed by atoms with Crippen LogP contribution in [0.25, 0.3) is 0 Å². The molecule has 1 amide bonds. The van der Waals surface area contributed by atoms with Crippen LogP contribution in [0.4, 0.5) is 0 Å². The van der Waals surface area contributed by atoms with Gasteiger partial charge >= 0.3 is 5.97 Å². The lowest BCUT2D eigenvalue weighted by Gasteiger charge is -2.31. The molecule has 1 aromatic rings. The SMILES string of the molecule is COC(C)(C)C(=O)NC(C)(C(=O)O)c1ccccc1. The second-order valence-corrected chi connectivity index (χ2v) is 4.96. The Hall–Kier alpha value is -1.88. The van der Waals surface area contributed by atoms with Gasteiger partial charge in [0, 0.05) is 7.11 Å². The zero-order valence-electron chi connectivity index (χ0n) is 11.6. The first-order valence-corrected chi connectivity index (χ1v) is 5.90. The number of rotatable bonds is 5. The monoisotopic (exact) mass is 265 g/mol. The first-order valence-electron chi connectivity index (χ1n) is 5.90. The molecule has 0 saturated carbocycles. The Labute approximate surface area is 112 Å². The van der Waals surface area contributed by atoms with E-state index in [1.54, 1.807) is 44.2 Å². The van der Waals surface area contributed by atoms with Crippen molar-refractivity contribution in [2.45, 2.75) is 31.9 Å². The summed E-state index contributed by atoms with van der Waals surface area (Å²) in [7, 11) is 1.40. The Morgan fingerprint density at radius 2 is 1.68 bits per heavy atom. The first-order chi connectivity index (χ1) is 8.74. The van der Waals surface area contributed by atoms with Crippen LogP contribution >= 0.6 is 0 Å². The van der Waals surface area contributed by atoms with Crippen molar-refractivity contribution in [3.63, 3.8) is 0 Å². The minimum absolute atomic E-state index is 0.483. The fourth-order valence-corrected chi connectivity index (χ4v) is 1.49. The number of amides is 1. The number of methoxy groups -OCH3 is 1. The second kappa shape index (κ2) is 5.40. The zero-order valence-corrected chi connectivity index (χ0v) is 11.6. The molecule has 0 radical (unpaired) electrons. The van der Waals surface area contributed by atoms with E-state index in [2.05, 4.69) is 5.32 Å². The van der Waals surface area contributed by atoms with Crippen molar-refractivity contribution in [3.05, 3.63) is 35.9 Å². The van der Waals surface area contributed by atoms with E-state index in [-0.39, 0.29) is 0 Å². The number of hydrogen-bond donors (Lipinski definition) is 2. The van der Waals surface area contributed by atoms with Gasteiger partial charge in [0.15, 0.2) is 5.54 Å². The molecule has 0 aromatic heterocycles. The molecule has 1 rings (SSSR count). The van der Waals surface area contributed by atoms with Crippen LogP contribution in [0.5, 0.6) is 0 Å². The van der Waals surface area contributed by atoms with Gasteiger partial charge in [-0.05, 0) is 26.3 Å². The Kier molecular flexibility index (Phi) is 4.32. The van der Waals surface area contributed by atoms with Crippen LogP contribution in [-0.2, 0) is 19.9 Å². The van der Waals surface area contributed by atoms with E-state index in [0.29, 0.717) is 5.56 Å². The molecule has 0 fully saturated rings. The molecule has 1 aromatic carbocycles. The fraction of sp³-hybridized carbons (Fsp3) is 0.429. The summed E-state index contributed by atoms with van der Waals surface area (Å²) in [4.78, 5) is 23.6. The first kappa shape index (κ1) is 15.2. The van der Waals surface area contributed by atoms with Crippen molar-refractivity contribution in [2.24, 2.45) is 0 Å². The van der Waals surface area contributed by atoms with Crippen LogP contribution in [0.3, 0.4) is 0 Å². The normalized spacial score (nSPS) is 14.5. The van der Waals surface area contributed by atoms with Gasteiger partial charge in [-0.2, -0.15) is 0 Å². The minimum atomic E-state index is -1.49. The van der Waals surface area contributed by atoms with Crippen molar-refractivity contribution < 1.29 is 19.4 Å².